The normalized spacial score (nSPS) is 20.1. The van der Waals surface area contributed by atoms with Crippen molar-refractivity contribution in [1.29, 1.82) is 0 Å². The van der Waals surface area contributed by atoms with E-state index < -0.39 is 0 Å². The largest absolute Gasteiger partial charge is 0.371 e. The van der Waals surface area contributed by atoms with Crippen LogP contribution >= 0.6 is 0 Å². The molecule has 1 aliphatic carbocycles. The fraction of sp³-hybridized carbons (Fsp3) is 0.360. The lowest BCUT2D eigenvalue weighted by Crippen LogP contribution is -2.43. The van der Waals surface area contributed by atoms with E-state index in [0.717, 1.165) is 48.6 Å². The minimum Gasteiger partial charge on any atom is -0.371 e. The van der Waals surface area contributed by atoms with Crippen LogP contribution in [0, 0.1) is 12.7 Å². The molecule has 30 heavy (non-hydrogen) atoms. The average Bonchev–Trinajstić information content (AvgIpc) is 3.19. The number of fused-ring (bicyclic) bond motifs is 4. The molecule has 154 valence electrons. The fourth-order valence-electron chi connectivity index (χ4n) is 4.82. The molecule has 5 rings (SSSR count). The number of nitrogens with one attached hydrogen (secondary N) is 1. The fourth-order valence-corrected chi connectivity index (χ4v) is 4.82. The summed E-state index contributed by atoms with van der Waals surface area (Å²) in [6, 6.07) is 9.54. The minimum atomic E-state index is -0.167. The number of pyridine rings is 1. The molecule has 2 aliphatic rings. The third-order valence-electron chi connectivity index (χ3n) is 6.43. The molecule has 0 atom stereocenters. The average molecular weight is 403 g/mol. The van der Waals surface area contributed by atoms with Crippen LogP contribution in [0.2, 0.25) is 0 Å². The van der Waals surface area contributed by atoms with Crippen molar-refractivity contribution in [3.05, 3.63) is 76.8 Å². The summed E-state index contributed by atoms with van der Waals surface area (Å²) >= 11 is 0. The van der Waals surface area contributed by atoms with Crippen LogP contribution in [0.1, 0.15) is 68.1 Å². The lowest BCUT2D eigenvalue weighted by Gasteiger charge is -2.43. The first-order valence-electron chi connectivity index (χ1n) is 10.7. The molecule has 3 aromatic rings. The quantitative estimate of drug-likeness (QED) is 0.562. The molecule has 5 heteroatoms. The number of hydrogen-bond acceptors (Lipinski definition) is 3. The third-order valence-corrected chi connectivity index (χ3v) is 6.43. The van der Waals surface area contributed by atoms with Crippen LogP contribution in [-0.2, 0) is 5.54 Å². The molecule has 4 nitrogen and oxygen atoms in total. The second-order valence-corrected chi connectivity index (χ2v) is 8.90. The van der Waals surface area contributed by atoms with Crippen molar-refractivity contribution >= 4 is 11.8 Å². The SMILES string of the molecule is Cc1ccc(C=C2CCC3(CC2)Nc2cccnc2-n2c3cnc2C(C)C)c(F)c1. The summed E-state index contributed by atoms with van der Waals surface area (Å²) in [5.74, 6) is 2.15. The number of hydrogen-bond donors (Lipinski definition) is 1. The van der Waals surface area contributed by atoms with Crippen molar-refractivity contribution in [2.75, 3.05) is 5.32 Å². The summed E-state index contributed by atoms with van der Waals surface area (Å²) in [6.07, 6.45) is 9.65. The maximum Gasteiger partial charge on any atom is 0.161 e. The zero-order valence-electron chi connectivity index (χ0n) is 17.7. The van der Waals surface area contributed by atoms with Gasteiger partial charge in [0, 0.05) is 17.7 Å². The second kappa shape index (κ2) is 7.08. The summed E-state index contributed by atoms with van der Waals surface area (Å²) in [6.45, 7) is 6.26. The first-order chi connectivity index (χ1) is 14.5. The standard InChI is InChI=1S/C25H27FN4/c1-16(2)23-28-15-22-25(29-21-5-4-12-27-24(21)30(22)23)10-8-18(9-11-25)14-19-7-6-17(3)13-20(19)26/h4-7,12-16,29H,8-11H2,1-3H3. The lowest BCUT2D eigenvalue weighted by atomic mass is 9.76. The second-order valence-electron chi connectivity index (χ2n) is 8.90. The molecule has 2 aromatic heterocycles. The van der Waals surface area contributed by atoms with E-state index in [-0.39, 0.29) is 11.4 Å². The number of allylic oxidation sites excluding steroid dienone is 1. The summed E-state index contributed by atoms with van der Waals surface area (Å²) in [7, 11) is 0. The number of benzene rings is 1. The minimum absolute atomic E-state index is 0.141. The Kier molecular flexibility index (Phi) is 4.49. The van der Waals surface area contributed by atoms with Gasteiger partial charge in [0.25, 0.3) is 0 Å². The lowest BCUT2D eigenvalue weighted by molar-refractivity contribution is 0.355. The van der Waals surface area contributed by atoms with Crippen molar-refractivity contribution in [2.24, 2.45) is 0 Å². The van der Waals surface area contributed by atoms with E-state index in [4.69, 9.17) is 4.98 Å². The predicted molar refractivity (Wildman–Crippen MR) is 118 cm³/mol. The first kappa shape index (κ1) is 19.0. The van der Waals surface area contributed by atoms with Crippen LogP contribution in [0.15, 0.2) is 48.3 Å². The molecule has 0 unspecified atom stereocenters. The summed E-state index contributed by atoms with van der Waals surface area (Å²) in [5, 5.41) is 3.80. The molecular formula is C25H27FN4. The van der Waals surface area contributed by atoms with E-state index in [1.807, 2.05) is 43.6 Å². The number of rotatable bonds is 2. The Bertz CT molecular complexity index is 1130. The van der Waals surface area contributed by atoms with Crippen molar-refractivity contribution in [2.45, 2.75) is 57.9 Å². The van der Waals surface area contributed by atoms with Gasteiger partial charge in [-0.05, 0) is 56.4 Å². The van der Waals surface area contributed by atoms with E-state index in [1.165, 1.54) is 11.3 Å². The Labute approximate surface area is 176 Å². The molecule has 0 amide bonds. The van der Waals surface area contributed by atoms with E-state index in [9.17, 15) is 4.39 Å². The molecule has 1 spiro atoms. The number of anilines is 1. The van der Waals surface area contributed by atoms with Crippen molar-refractivity contribution in [1.82, 2.24) is 14.5 Å². The van der Waals surface area contributed by atoms with Gasteiger partial charge in [0.2, 0.25) is 0 Å². The van der Waals surface area contributed by atoms with Gasteiger partial charge < -0.3 is 5.32 Å². The zero-order valence-corrected chi connectivity index (χ0v) is 17.7. The maximum absolute atomic E-state index is 14.3. The van der Waals surface area contributed by atoms with Crippen molar-refractivity contribution in [3.8, 4) is 5.82 Å². The molecule has 1 N–H and O–H groups in total. The van der Waals surface area contributed by atoms with Gasteiger partial charge in [-0.2, -0.15) is 0 Å². The number of imidazole rings is 1. The smallest absolute Gasteiger partial charge is 0.161 e. The summed E-state index contributed by atoms with van der Waals surface area (Å²) in [4.78, 5) is 9.42. The van der Waals surface area contributed by atoms with Crippen LogP contribution in [0.25, 0.3) is 11.9 Å². The van der Waals surface area contributed by atoms with Gasteiger partial charge in [-0.3, -0.25) is 4.57 Å². The highest BCUT2D eigenvalue weighted by Crippen LogP contribution is 2.47. The van der Waals surface area contributed by atoms with E-state index in [0.29, 0.717) is 11.5 Å². The molecular weight excluding hydrogens is 375 g/mol. The van der Waals surface area contributed by atoms with Crippen LogP contribution in [-0.4, -0.2) is 14.5 Å². The Morgan fingerprint density at radius 3 is 2.70 bits per heavy atom. The number of aromatic nitrogens is 3. The van der Waals surface area contributed by atoms with Gasteiger partial charge in [-0.1, -0.05) is 37.6 Å². The van der Waals surface area contributed by atoms with E-state index >= 15 is 0 Å². The third kappa shape index (κ3) is 3.04. The molecule has 1 aliphatic heterocycles. The summed E-state index contributed by atoms with van der Waals surface area (Å²) in [5.41, 5.74) is 5.02. The number of halogens is 1. The van der Waals surface area contributed by atoms with Gasteiger partial charge in [0.15, 0.2) is 5.82 Å². The van der Waals surface area contributed by atoms with Crippen LogP contribution < -0.4 is 5.32 Å². The number of aryl methyl sites for hydroxylation is 1. The molecule has 1 saturated carbocycles. The highest BCUT2D eigenvalue weighted by molar-refractivity contribution is 5.64. The van der Waals surface area contributed by atoms with Crippen LogP contribution in [0.5, 0.6) is 0 Å². The highest BCUT2D eigenvalue weighted by Gasteiger charge is 2.42. The highest BCUT2D eigenvalue weighted by atomic mass is 19.1. The van der Waals surface area contributed by atoms with Crippen molar-refractivity contribution < 1.29 is 4.39 Å². The maximum atomic E-state index is 14.3. The predicted octanol–water partition coefficient (Wildman–Crippen LogP) is 6.12. The summed E-state index contributed by atoms with van der Waals surface area (Å²) < 4.78 is 16.6. The zero-order chi connectivity index (χ0) is 20.9. The van der Waals surface area contributed by atoms with Gasteiger partial charge >= 0.3 is 0 Å². The van der Waals surface area contributed by atoms with Gasteiger partial charge in [-0.15, -0.1) is 0 Å². The Morgan fingerprint density at radius 2 is 1.97 bits per heavy atom. The Hall–Kier alpha value is -2.95. The van der Waals surface area contributed by atoms with Gasteiger partial charge in [0.1, 0.15) is 11.6 Å². The molecule has 0 saturated heterocycles. The Morgan fingerprint density at radius 1 is 1.17 bits per heavy atom. The number of nitrogens with zero attached hydrogens (tertiary/aromatic N) is 3. The van der Waals surface area contributed by atoms with Crippen LogP contribution in [0.3, 0.4) is 0 Å². The van der Waals surface area contributed by atoms with Gasteiger partial charge in [0.05, 0.1) is 23.1 Å². The monoisotopic (exact) mass is 402 g/mol. The topological polar surface area (TPSA) is 42.7 Å². The Balaban J connectivity index is 1.49. The molecule has 1 fully saturated rings. The molecule has 0 radical (unpaired) electrons. The molecule has 1 aromatic carbocycles. The van der Waals surface area contributed by atoms with Crippen molar-refractivity contribution in [3.63, 3.8) is 0 Å². The molecule has 3 heterocycles. The molecule has 0 bridgehead atoms. The van der Waals surface area contributed by atoms with Crippen LogP contribution in [0.4, 0.5) is 10.1 Å². The first-order valence-corrected chi connectivity index (χ1v) is 10.7. The van der Waals surface area contributed by atoms with Gasteiger partial charge in [-0.25, -0.2) is 14.4 Å². The van der Waals surface area contributed by atoms with E-state index in [2.05, 4.69) is 34.8 Å². The van der Waals surface area contributed by atoms with E-state index in [1.54, 1.807) is 6.07 Å².